The van der Waals surface area contributed by atoms with Crippen LogP contribution in [0, 0.1) is 13.8 Å². The Balaban J connectivity index is 1.64. The summed E-state index contributed by atoms with van der Waals surface area (Å²) in [7, 11) is 0. The molecule has 2 aromatic carbocycles. The number of aromatic nitrogens is 2. The zero-order chi connectivity index (χ0) is 16.2. The van der Waals surface area contributed by atoms with Crippen molar-refractivity contribution in [3.05, 3.63) is 59.4 Å². The largest absolute Gasteiger partial charge is 0.494 e. The summed E-state index contributed by atoms with van der Waals surface area (Å²) >= 11 is 0. The fourth-order valence-electron chi connectivity index (χ4n) is 2.92. The summed E-state index contributed by atoms with van der Waals surface area (Å²) in [6.07, 6.45) is 0.861. The monoisotopic (exact) mass is 310 g/mol. The average molecular weight is 310 g/mol. The summed E-state index contributed by atoms with van der Waals surface area (Å²) < 4.78 is 7.92. The van der Waals surface area contributed by atoms with Crippen molar-refractivity contribution in [2.45, 2.75) is 33.4 Å². The van der Waals surface area contributed by atoms with Gasteiger partial charge in [0.05, 0.1) is 17.6 Å². The SMILES string of the molecule is Cc1cc(C)cc(OCCCn2c(CO)nc3ccccc32)c1. The molecule has 1 heterocycles. The molecule has 4 heteroatoms. The van der Waals surface area contributed by atoms with Crippen LogP contribution in [0.5, 0.6) is 5.75 Å². The van der Waals surface area contributed by atoms with Crippen LogP contribution in [0.1, 0.15) is 23.4 Å². The van der Waals surface area contributed by atoms with Gasteiger partial charge in [-0.1, -0.05) is 18.2 Å². The number of rotatable bonds is 6. The number of ether oxygens (including phenoxy) is 1. The van der Waals surface area contributed by atoms with E-state index in [1.807, 2.05) is 24.3 Å². The fraction of sp³-hybridized carbons (Fsp3) is 0.316. The number of aryl methyl sites for hydroxylation is 3. The number of para-hydroxylation sites is 2. The number of fused-ring (bicyclic) bond motifs is 1. The Bertz CT molecular complexity index is 788. The van der Waals surface area contributed by atoms with Crippen molar-refractivity contribution in [2.24, 2.45) is 0 Å². The molecular weight excluding hydrogens is 288 g/mol. The highest BCUT2D eigenvalue weighted by Gasteiger charge is 2.09. The molecule has 3 aromatic rings. The Kier molecular flexibility index (Phi) is 4.63. The van der Waals surface area contributed by atoms with Crippen LogP contribution in [0.15, 0.2) is 42.5 Å². The zero-order valence-electron chi connectivity index (χ0n) is 13.6. The number of benzene rings is 2. The molecule has 0 spiro atoms. The van der Waals surface area contributed by atoms with Crippen LogP contribution in [0.3, 0.4) is 0 Å². The number of imidazole rings is 1. The molecule has 0 fully saturated rings. The molecule has 4 nitrogen and oxygen atoms in total. The fourth-order valence-corrected chi connectivity index (χ4v) is 2.92. The van der Waals surface area contributed by atoms with E-state index in [9.17, 15) is 5.11 Å². The van der Waals surface area contributed by atoms with E-state index in [2.05, 4.69) is 41.6 Å². The van der Waals surface area contributed by atoms with Crippen LogP contribution in [-0.4, -0.2) is 21.3 Å². The van der Waals surface area contributed by atoms with E-state index in [0.717, 1.165) is 29.7 Å². The first kappa shape index (κ1) is 15.6. The van der Waals surface area contributed by atoms with E-state index >= 15 is 0 Å². The Morgan fingerprint density at radius 2 is 1.83 bits per heavy atom. The van der Waals surface area contributed by atoms with Gasteiger partial charge < -0.3 is 14.4 Å². The van der Waals surface area contributed by atoms with Gasteiger partial charge in [0.25, 0.3) is 0 Å². The molecule has 3 rings (SSSR count). The Hall–Kier alpha value is -2.33. The van der Waals surface area contributed by atoms with Gasteiger partial charge >= 0.3 is 0 Å². The molecule has 1 N–H and O–H groups in total. The van der Waals surface area contributed by atoms with Gasteiger partial charge in [-0.15, -0.1) is 0 Å². The Morgan fingerprint density at radius 1 is 1.09 bits per heavy atom. The molecule has 1 aromatic heterocycles. The summed E-state index contributed by atoms with van der Waals surface area (Å²) in [4.78, 5) is 4.46. The summed E-state index contributed by atoms with van der Waals surface area (Å²) in [5, 5.41) is 9.50. The first-order chi connectivity index (χ1) is 11.2. The van der Waals surface area contributed by atoms with Gasteiger partial charge in [-0.3, -0.25) is 0 Å². The lowest BCUT2D eigenvalue weighted by atomic mass is 10.1. The van der Waals surface area contributed by atoms with Crippen LogP contribution < -0.4 is 4.74 Å². The minimum atomic E-state index is -0.0490. The highest BCUT2D eigenvalue weighted by atomic mass is 16.5. The third-order valence-electron chi connectivity index (χ3n) is 3.87. The van der Waals surface area contributed by atoms with Crippen molar-refractivity contribution in [1.82, 2.24) is 9.55 Å². The number of aliphatic hydroxyl groups is 1. The van der Waals surface area contributed by atoms with Gasteiger partial charge in [-0.05, 0) is 55.7 Å². The van der Waals surface area contributed by atoms with E-state index < -0.39 is 0 Å². The molecule has 0 radical (unpaired) electrons. The first-order valence-electron chi connectivity index (χ1n) is 7.93. The maximum absolute atomic E-state index is 9.50. The summed E-state index contributed by atoms with van der Waals surface area (Å²) in [6, 6.07) is 14.2. The van der Waals surface area contributed by atoms with Gasteiger partial charge in [0.1, 0.15) is 18.2 Å². The minimum Gasteiger partial charge on any atom is -0.494 e. The van der Waals surface area contributed by atoms with Gasteiger partial charge in [-0.2, -0.15) is 0 Å². The summed E-state index contributed by atoms with van der Waals surface area (Å²) in [5.74, 6) is 1.62. The first-order valence-corrected chi connectivity index (χ1v) is 7.93. The predicted octanol–water partition coefficient (Wildman–Crippen LogP) is 3.61. The van der Waals surface area contributed by atoms with Crippen molar-refractivity contribution in [3.63, 3.8) is 0 Å². The van der Waals surface area contributed by atoms with Gasteiger partial charge in [0, 0.05) is 6.54 Å². The predicted molar refractivity (Wildman–Crippen MR) is 91.7 cm³/mol. The van der Waals surface area contributed by atoms with Gasteiger partial charge in [0.15, 0.2) is 0 Å². The highest BCUT2D eigenvalue weighted by Crippen LogP contribution is 2.18. The molecule has 0 saturated heterocycles. The maximum Gasteiger partial charge on any atom is 0.135 e. The highest BCUT2D eigenvalue weighted by molar-refractivity contribution is 5.75. The normalized spacial score (nSPS) is 11.1. The lowest BCUT2D eigenvalue weighted by Gasteiger charge is -2.10. The third-order valence-corrected chi connectivity index (χ3v) is 3.87. The van der Waals surface area contributed by atoms with E-state index in [1.165, 1.54) is 11.1 Å². The lowest BCUT2D eigenvalue weighted by molar-refractivity contribution is 0.261. The number of nitrogens with zero attached hydrogens (tertiary/aromatic N) is 2. The minimum absolute atomic E-state index is 0.0490. The van der Waals surface area contributed by atoms with Gasteiger partial charge in [-0.25, -0.2) is 4.98 Å². The molecule has 0 amide bonds. The summed E-state index contributed by atoms with van der Waals surface area (Å²) in [5.41, 5.74) is 4.40. The summed E-state index contributed by atoms with van der Waals surface area (Å²) in [6.45, 7) is 5.52. The molecule has 0 unspecified atom stereocenters. The van der Waals surface area contributed by atoms with Crippen molar-refractivity contribution < 1.29 is 9.84 Å². The molecule has 120 valence electrons. The quantitative estimate of drug-likeness (QED) is 0.707. The van der Waals surface area contributed by atoms with Crippen LogP contribution in [0.25, 0.3) is 11.0 Å². The van der Waals surface area contributed by atoms with Crippen LogP contribution in [-0.2, 0) is 13.2 Å². The average Bonchev–Trinajstić information content (AvgIpc) is 2.88. The molecule has 0 aliphatic carbocycles. The Labute approximate surface area is 136 Å². The zero-order valence-corrected chi connectivity index (χ0v) is 13.6. The number of hydrogen-bond acceptors (Lipinski definition) is 3. The van der Waals surface area contributed by atoms with Crippen LogP contribution >= 0.6 is 0 Å². The molecular formula is C19H22N2O2. The lowest BCUT2D eigenvalue weighted by Crippen LogP contribution is -2.08. The van der Waals surface area contributed by atoms with E-state index in [4.69, 9.17) is 4.74 Å². The standard InChI is InChI=1S/C19H22N2O2/c1-14-10-15(2)12-16(11-14)23-9-5-8-21-18-7-4-3-6-17(18)20-19(21)13-22/h3-4,6-7,10-12,22H,5,8-9,13H2,1-2H3. The molecule has 23 heavy (non-hydrogen) atoms. The smallest absolute Gasteiger partial charge is 0.135 e. The second kappa shape index (κ2) is 6.84. The van der Waals surface area contributed by atoms with E-state index in [1.54, 1.807) is 0 Å². The third kappa shape index (κ3) is 3.54. The molecule has 0 atom stereocenters. The van der Waals surface area contributed by atoms with Crippen LogP contribution in [0.4, 0.5) is 0 Å². The maximum atomic E-state index is 9.50. The second-order valence-electron chi connectivity index (χ2n) is 5.85. The van der Waals surface area contributed by atoms with Crippen LogP contribution in [0.2, 0.25) is 0 Å². The molecule has 0 saturated carbocycles. The van der Waals surface area contributed by atoms with Crippen molar-refractivity contribution >= 4 is 11.0 Å². The topological polar surface area (TPSA) is 47.3 Å². The second-order valence-corrected chi connectivity index (χ2v) is 5.85. The van der Waals surface area contributed by atoms with Crippen molar-refractivity contribution in [2.75, 3.05) is 6.61 Å². The van der Waals surface area contributed by atoms with E-state index in [0.29, 0.717) is 12.4 Å². The van der Waals surface area contributed by atoms with E-state index in [-0.39, 0.29) is 6.61 Å². The number of aliphatic hydroxyl groups excluding tert-OH is 1. The molecule has 0 aliphatic rings. The van der Waals surface area contributed by atoms with Gasteiger partial charge in [0.2, 0.25) is 0 Å². The molecule has 0 bridgehead atoms. The number of hydrogen-bond donors (Lipinski definition) is 1. The Morgan fingerprint density at radius 3 is 2.57 bits per heavy atom. The molecule has 0 aliphatic heterocycles. The van der Waals surface area contributed by atoms with Crippen molar-refractivity contribution in [3.8, 4) is 5.75 Å². The van der Waals surface area contributed by atoms with Crippen molar-refractivity contribution in [1.29, 1.82) is 0 Å².